The molecule has 0 heterocycles. The van der Waals surface area contributed by atoms with Gasteiger partial charge in [0, 0.05) is 0 Å². The number of hydrogen-bond donors (Lipinski definition) is 0. The van der Waals surface area contributed by atoms with E-state index in [1.165, 1.54) is 45.2 Å². The summed E-state index contributed by atoms with van der Waals surface area (Å²) in [6.07, 6.45) is 2.86. The van der Waals surface area contributed by atoms with E-state index < -0.39 is 0 Å². The third kappa shape index (κ3) is 1.73. The van der Waals surface area contributed by atoms with Crippen molar-refractivity contribution in [1.29, 1.82) is 0 Å². The van der Waals surface area contributed by atoms with Gasteiger partial charge >= 0.3 is 0 Å². The normalized spacial score (nSPS) is 31.7. The summed E-state index contributed by atoms with van der Waals surface area (Å²) in [5.74, 6) is 4.39. The topological polar surface area (TPSA) is 0 Å². The van der Waals surface area contributed by atoms with Gasteiger partial charge in [-0.1, -0.05) is 68.4 Å². The Morgan fingerprint density at radius 3 is 2.08 bits per heavy atom. The molecule has 0 saturated heterocycles. The minimum absolute atomic E-state index is 0.765. The van der Waals surface area contributed by atoms with Crippen LogP contribution in [0.15, 0.2) is 54.6 Å². The number of fused-ring (bicyclic) bond motifs is 2. The van der Waals surface area contributed by atoms with Crippen LogP contribution in [0.1, 0.15) is 38.2 Å². The second-order valence-electron chi connectivity index (χ2n) is 8.73. The smallest absolute Gasteiger partial charge is 0.00239 e. The Hall–Kier alpha value is -2.08. The molecule has 0 aliphatic heterocycles. The van der Waals surface area contributed by atoms with Crippen LogP contribution in [0.25, 0.3) is 32.3 Å². The van der Waals surface area contributed by atoms with Gasteiger partial charge in [0.25, 0.3) is 0 Å². The van der Waals surface area contributed by atoms with Crippen LogP contribution in [0.4, 0.5) is 0 Å². The van der Waals surface area contributed by atoms with Crippen LogP contribution >= 0.6 is 0 Å². The van der Waals surface area contributed by atoms with Crippen molar-refractivity contribution in [2.45, 2.75) is 32.6 Å². The van der Waals surface area contributed by atoms with E-state index in [-0.39, 0.29) is 0 Å². The summed E-state index contributed by atoms with van der Waals surface area (Å²) in [5.41, 5.74) is 1.62. The Balaban J connectivity index is 1.64. The van der Waals surface area contributed by atoms with Gasteiger partial charge in [-0.3, -0.25) is 0 Å². The Labute approximate surface area is 149 Å². The van der Waals surface area contributed by atoms with Gasteiger partial charge in [0.15, 0.2) is 0 Å². The Morgan fingerprint density at radius 2 is 1.36 bits per heavy atom. The van der Waals surface area contributed by atoms with E-state index in [1.807, 2.05) is 0 Å². The van der Waals surface area contributed by atoms with Crippen molar-refractivity contribution in [2.75, 3.05) is 0 Å². The number of hydrogen-bond acceptors (Lipinski definition) is 0. The van der Waals surface area contributed by atoms with E-state index >= 15 is 0 Å². The fourth-order valence-corrected chi connectivity index (χ4v) is 6.38. The van der Waals surface area contributed by atoms with Crippen LogP contribution in [0.5, 0.6) is 0 Å². The van der Waals surface area contributed by atoms with Crippen LogP contribution in [0.3, 0.4) is 0 Å². The minimum Gasteiger partial charge on any atom is -0.0620 e. The molecule has 0 heteroatoms. The van der Waals surface area contributed by atoms with Gasteiger partial charge in [0.2, 0.25) is 0 Å². The highest BCUT2D eigenvalue weighted by molar-refractivity contribution is 6.23. The van der Waals surface area contributed by atoms with Crippen LogP contribution < -0.4 is 0 Å². The highest BCUT2D eigenvalue weighted by Crippen LogP contribution is 2.59. The van der Waals surface area contributed by atoms with Crippen molar-refractivity contribution in [3.8, 4) is 0 Å². The predicted octanol–water partition coefficient (Wildman–Crippen LogP) is 6.98. The minimum atomic E-state index is 0.765. The maximum atomic E-state index is 2.50. The van der Waals surface area contributed by atoms with Crippen LogP contribution in [0.2, 0.25) is 0 Å². The molecule has 2 fully saturated rings. The Kier molecular flexibility index (Phi) is 2.69. The summed E-state index contributed by atoms with van der Waals surface area (Å²) in [6.45, 7) is 4.98. The molecular formula is C25H24. The third-order valence-electron chi connectivity index (χ3n) is 7.86. The van der Waals surface area contributed by atoms with E-state index in [0.717, 1.165) is 29.6 Å². The van der Waals surface area contributed by atoms with E-state index in [9.17, 15) is 0 Å². The molecule has 0 spiro atoms. The molecule has 2 aliphatic rings. The first-order chi connectivity index (χ1) is 12.2. The van der Waals surface area contributed by atoms with Gasteiger partial charge in [-0.2, -0.15) is 0 Å². The monoisotopic (exact) mass is 324 g/mol. The molecule has 2 bridgehead atoms. The first kappa shape index (κ1) is 14.1. The molecule has 2 aliphatic carbocycles. The average molecular weight is 324 g/mol. The lowest BCUT2D eigenvalue weighted by Crippen LogP contribution is -2.23. The summed E-state index contributed by atoms with van der Waals surface area (Å²) in [6, 6.07) is 20.9. The highest BCUT2D eigenvalue weighted by Gasteiger charge is 2.49. The van der Waals surface area contributed by atoms with E-state index in [4.69, 9.17) is 0 Å². The molecule has 124 valence electrons. The summed E-state index contributed by atoms with van der Waals surface area (Å²) in [5, 5.41) is 8.62. The summed E-state index contributed by atoms with van der Waals surface area (Å²) >= 11 is 0. The van der Waals surface area contributed by atoms with Gasteiger partial charge in [-0.05, 0) is 80.3 Å². The van der Waals surface area contributed by atoms with E-state index in [2.05, 4.69) is 68.4 Å². The molecule has 4 aromatic rings. The van der Waals surface area contributed by atoms with Crippen LogP contribution in [-0.2, 0) is 0 Å². The summed E-state index contributed by atoms with van der Waals surface area (Å²) < 4.78 is 0. The summed E-state index contributed by atoms with van der Waals surface area (Å²) in [4.78, 5) is 0. The fourth-order valence-electron chi connectivity index (χ4n) is 6.38. The van der Waals surface area contributed by atoms with Crippen LogP contribution in [0, 0.1) is 23.7 Å². The van der Waals surface area contributed by atoms with Crippen molar-refractivity contribution < 1.29 is 0 Å². The highest BCUT2D eigenvalue weighted by atomic mass is 14.5. The maximum Gasteiger partial charge on any atom is -0.00239 e. The molecule has 0 N–H and O–H groups in total. The lowest BCUT2D eigenvalue weighted by Gasteiger charge is -2.33. The average Bonchev–Trinajstić information content (AvgIpc) is 3.20. The molecule has 5 atom stereocenters. The first-order valence-corrected chi connectivity index (χ1v) is 9.89. The second kappa shape index (κ2) is 4.75. The fraction of sp³-hybridized carbons (Fsp3) is 0.360. The zero-order valence-corrected chi connectivity index (χ0v) is 15.0. The second-order valence-corrected chi connectivity index (χ2v) is 8.73. The molecule has 2 unspecified atom stereocenters. The molecule has 0 radical (unpaired) electrons. The largest absolute Gasteiger partial charge is 0.0620 e. The molecule has 0 nitrogen and oxygen atoms in total. The van der Waals surface area contributed by atoms with Crippen molar-refractivity contribution in [3.05, 3.63) is 60.2 Å². The molecule has 25 heavy (non-hydrogen) atoms. The number of benzene rings is 4. The summed E-state index contributed by atoms with van der Waals surface area (Å²) in [7, 11) is 0. The van der Waals surface area contributed by atoms with Crippen molar-refractivity contribution in [1.82, 2.24) is 0 Å². The standard InChI is InChI=1S/C25H24/c1-14-15(2)22-12-19(14)13-23(22)20-10-8-18-7-6-16-4-3-5-17-9-11-21(20)25(18)24(16)17/h3-11,14-15,19,22-23H,12-13H2,1-2H3/t14?,15?,19-,22-,23-/m1/s1. The van der Waals surface area contributed by atoms with Gasteiger partial charge < -0.3 is 0 Å². The predicted molar refractivity (Wildman–Crippen MR) is 107 cm³/mol. The van der Waals surface area contributed by atoms with Gasteiger partial charge in [-0.15, -0.1) is 0 Å². The lowest BCUT2D eigenvalue weighted by atomic mass is 9.72. The van der Waals surface area contributed by atoms with E-state index in [1.54, 1.807) is 5.56 Å². The van der Waals surface area contributed by atoms with Gasteiger partial charge in [0.1, 0.15) is 0 Å². The Morgan fingerprint density at radius 1 is 0.680 bits per heavy atom. The molecule has 0 aromatic heterocycles. The zero-order valence-electron chi connectivity index (χ0n) is 15.0. The van der Waals surface area contributed by atoms with Crippen molar-refractivity contribution >= 4 is 32.3 Å². The SMILES string of the molecule is CC1C(C)[C@H]2C[C@@H]1C[C@@H]2c1ccc2ccc3cccc4ccc1c2c34. The van der Waals surface area contributed by atoms with Gasteiger partial charge in [0.05, 0.1) is 0 Å². The van der Waals surface area contributed by atoms with Gasteiger partial charge in [-0.25, -0.2) is 0 Å². The van der Waals surface area contributed by atoms with Crippen LogP contribution in [-0.4, -0.2) is 0 Å². The molecular weight excluding hydrogens is 300 g/mol. The molecule has 4 aromatic carbocycles. The zero-order chi connectivity index (χ0) is 16.7. The maximum absolute atomic E-state index is 2.50. The molecule has 2 saturated carbocycles. The quantitative estimate of drug-likeness (QED) is 0.331. The molecule has 0 amide bonds. The lowest BCUT2D eigenvalue weighted by molar-refractivity contribution is 0.233. The van der Waals surface area contributed by atoms with E-state index in [0.29, 0.717) is 0 Å². The van der Waals surface area contributed by atoms with Crippen molar-refractivity contribution in [2.24, 2.45) is 23.7 Å². The Bertz CT molecular complexity index is 1090. The first-order valence-electron chi connectivity index (χ1n) is 9.89. The van der Waals surface area contributed by atoms with Crippen molar-refractivity contribution in [3.63, 3.8) is 0 Å². The number of rotatable bonds is 1. The molecule has 6 rings (SSSR count). The third-order valence-corrected chi connectivity index (χ3v) is 7.86.